The number of guanidine groups is 1. The van der Waals surface area contributed by atoms with E-state index in [4.69, 9.17) is 5.73 Å². The second kappa shape index (κ2) is 9.95. The van der Waals surface area contributed by atoms with Crippen LogP contribution in [0.5, 0.6) is 0 Å². The minimum atomic E-state index is -0.205. The lowest BCUT2D eigenvalue weighted by Gasteiger charge is -2.21. The number of carbonyl (C=O) groups excluding carboxylic acids is 1. The van der Waals surface area contributed by atoms with Crippen LogP contribution in [0, 0.1) is 6.92 Å². The highest BCUT2D eigenvalue weighted by Crippen LogP contribution is 2.22. The normalized spacial score (nSPS) is 18.2. The van der Waals surface area contributed by atoms with Crippen molar-refractivity contribution in [3.05, 3.63) is 84.0 Å². The predicted molar refractivity (Wildman–Crippen MR) is 135 cm³/mol. The number of benzene rings is 2. The maximum atomic E-state index is 12.7. The molecule has 1 amide bonds. The van der Waals surface area contributed by atoms with Crippen molar-refractivity contribution in [1.29, 1.82) is 0 Å². The van der Waals surface area contributed by atoms with Crippen LogP contribution in [0.25, 0.3) is 0 Å². The Hall–Kier alpha value is -4.20. The zero-order valence-corrected chi connectivity index (χ0v) is 18.6. The van der Waals surface area contributed by atoms with Crippen molar-refractivity contribution in [2.75, 3.05) is 23.7 Å². The molecular formula is C25H27N7O. The van der Waals surface area contributed by atoms with Crippen molar-refractivity contribution < 1.29 is 4.79 Å². The molecular weight excluding hydrogens is 414 g/mol. The van der Waals surface area contributed by atoms with Crippen LogP contribution >= 0.6 is 0 Å². The summed E-state index contributed by atoms with van der Waals surface area (Å²) in [6.07, 6.45) is 5.32. The van der Waals surface area contributed by atoms with Gasteiger partial charge in [-0.3, -0.25) is 9.79 Å². The van der Waals surface area contributed by atoms with Gasteiger partial charge in [0.05, 0.1) is 6.21 Å². The highest BCUT2D eigenvalue weighted by Gasteiger charge is 2.22. The summed E-state index contributed by atoms with van der Waals surface area (Å²) in [4.78, 5) is 28.3. The van der Waals surface area contributed by atoms with E-state index in [1.807, 2.05) is 43.3 Å². The number of aryl methyl sites for hydroxylation is 1. The van der Waals surface area contributed by atoms with Crippen molar-refractivity contribution in [2.45, 2.75) is 19.8 Å². The molecule has 1 saturated heterocycles. The maximum absolute atomic E-state index is 12.7. The average molecular weight is 442 g/mol. The van der Waals surface area contributed by atoms with E-state index in [2.05, 4.69) is 37.1 Å². The van der Waals surface area contributed by atoms with E-state index < -0.39 is 0 Å². The van der Waals surface area contributed by atoms with Gasteiger partial charge in [0.1, 0.15) is 17.2 Å². The first kappa shape index (κ1) is 22.0. The molecule has 0 atom stereocenters. The van der Waals surface area contributed by atoms with Crippen molar-refractivity contribution in [2.24, 2.45) is 20.7 Å². The zero-order chi connectivity index (χ0) is 23.2. The molecule has 168 valence electrons. The van der Waals surface area contributed by atoms with E-state index in [9.17, 15) is 4.79 Å². The fourth-order valence-corrected chi connectivity index (χ4v) is 3.65. The third kappa shape index (κ3) is 5.17. The van der Waals surface area contributed by atoms with Gasteiger partial charge in [0, 0.05) is 36.2 Å². The molecule has 2 aliphatic heterocycles. The lowest BCUT2D eigenvalue weighted by molar-refractivity contribution is 0.102. The van der Waals surface area contributed by atoms with E-state index in [1.165, 1.54) is 6.20 Å². The summed E-state index contributed by atoms with van der Waals surface area (Å²) in [5, 5.41) is 6.11. The Labute approximate surface area is 193 Å². The standard InChI is InChI=1S/C25H27N7O/c1-3-27-21-16-28-25(32-13-7-8-14-32)31-22(21)23(26)30-20-15-18(12-11-17(20)2)24(33)29-19-9-5-4-6-10-19/h3-6,9-12,15-16,30H,1,7-8,13-14,26H2,2H3,(H,29,33)/b23-22-,27-21-. The fourth-order valence-electron chi connectivity index (χ4n) is 3.65. The number of anilines is 2. The van der Waals surface area contributed by atoms with Gasteiger partial charge in [0.15, 0.2) is 0 Å². The molecule has 0 unspecified atom stereocenters. The van der Waals surface area contributed by atoms with Crippen molar-refractivity contribution in [3.8, 4) is 0 Å². The van der Waals surface area contributed by atoms with Crippen LogP contribution < -0.4 is 16.4 Å². The molecule has 2 aliphatic rings. The van der Waals surface area contributed by atoms with Crippen LogP contribution in [0.2, 0.25) is 0 Å². The van der Waals surface area contributed by atoms with Crippen molar-refractivity contribution in [1.82, 2.24) is 4.90 Å². The van der Waals surface area contributed by atoms with Gasteiger partial charge in [0.25, 0.3) is 5.91 Å². The number of nitrogens with two attached hydrogens (primary N) is 1. The smallest absolute Gasteiger partial charge is 0.255 e. The number of amides is 1. The second-order valence-corrected chi connectivity index (χ2v) is 7.80. The lowest BCUT2D eigenvalue weighted by Crippen LogP contribution is -2.31. The van der Waals surface area contributed by atoms with E-state index in [0.29, 0.717) is 34.4 Å². The summed E-state index contributed by atoms with van der Waals surface area (Å²) in [7, 11) is 0. The Kier molecular flexibility index (Phi) is 6.64. The molecule has 0 bridgehead atoms. The van der Waals surface area contributed by atoms with Crippen LogP contribution in [0.3, 0.4) is 0 Å². The molecule has 33 heavy (non-hydrogen) atoms. The van der Waals surface area contributed by atoms with Gasteiger partial charge in [-0.15, -0.1) is 0 Å². The van der Waals surface area contributed by atoms with Crippen LogP contribution in [0.15, 0.2) is 87.8 Å². The third-order valence-electron chi connectivity index (χ3n) is 5.43. The monoisotopic (exact) mass is 441 g/mol. The number of rotatable bonds is 5. The first-order chi connectivity index (χ1) is 16.0. The lowest BCUT2D eigenvalue weighted by atomic mass is 10.1. The molecule has 8 nitrogen and oxygen atoms in total. The number of hydrogen-bond acceptors (Lipinski definition) is 7. The molecule has 0 spiro atoms. The van der Waals surface area contributed by atoms with Crippen LogP contribution in [-0.4, -0.2) is 41.8 Å². The molecule has 8 heteroatoms. The number of carbonyl (C=O) groups is 1. The van der Waals surface area contributed by atoms with Gasteiger partial charge in [0.2, 0.25) is 5.96 Å². The first-order valence-electron chi connectivity index (χ1n) is 10.9. The number of para-hydroxylation sites is 1. The molecule has 1 fully saturated rings. The topological polar surface area (TPSA) is 107 Å². The maximum Gasteiger partial charge on any atom is 0.255 e. The number of likely N-dealkylation sites (tertiary alicyclic amines) is 1. The summed E-state index contributed by atoms with van der Waals surface area (Å²) < 4.78 is 0. The quantitative estimate of drug-likeness (QED) is 0.654. The highest BCUT2D eigenvalue weighted by atomic mass is 16.1. The Bertz CT molecular complexity index is 1170. The number of nitrogens with one attached hydrogen (secondary N) is 2. The second-order valence-electron chi connectivity index (χ2n) is 7.80. The van der Waals surface area contributed by atoms with Crippen molar-refractivity contribution >= 4 is 35.2 Å². The molecule has 2 aromatic rings. The van der Waals surface area contributed by atoms with Crippen LogP contribution in [-0.2, 0) is 0 Å². The minimum absolute atomic E-state index is 0.205. The summed E-state index contributed by atoms with van der Waals surface area (Å²) >= 11 is 0. The highest BCUT2D eigenvalue weighted by molar-refractivity contribution is 6.41. The number of allylic oxidation sites excluding steroid dienone is 1. The van der Waals surface area contributed by atoms with Gasteiger partial charge >= 0.3 is 0 Å². The van der Waals surface area contributed by atoms with Gasteiger partial charge in [-0.25, -0.2) is 9.98 Å². The van der Waals surface area contributed by atoms with E-state index in [1.54, 1.807) is 18.3 Å². The molecule has 4 N–H and O–H groups in total. The molecule has 2 aromatic carbocycles. The van der Waals surface area contributed by atoms with Gasteiger partial charge in [-0.2, -0.15) is 0 Å². The summed E-state index contributed by atoms with van der Waals surface area (Å²) in [6, 6.07) is 14.8. The Balaban J connectivity index is 1.61. The Morgan fingerprint density at radius 1 is 1.15 bits per heavy atom. The van der Waals surface area contributed by atoms with Gasteiger partial charge in [-0.1, -0.05) is 30.8 Å². The summed E-state index contributed by atoms with van der Waals surface area (Å²) in [6.45, 7) is 7.45. The largest absolute Gasteiger partial charge is 0.383 e. The molecule has 0 aromatic heterocycles. The minimum Gasteiger partial charge on any atom is -0.383 e. The van der Waals surface area contributed by atoms with Crippen LogP contribution in [0.1, 0.15) is 28.8 Å². The SMILES string of the molecule is C=C/N=C1/C=NC(N2CCCC2)=N/C1=C(/N)Nc1cc(C(=O)Nc2ccccc2)ccc1C. The summed E-state index contributed by atoms with van der Waals surface area (Å²) in [5.74, 6) is 0.744. The number of aliphatic imine (C=N–C) groups is 3. The Morgan fingerprint density at radius 3 is 2.64 bits per heavy atom. The fraction of sp³-hybridized carbons (Fsp3) is 0.200. The molecule has 0 aliphatic carbocycles. The van der Waals surface area contributed by atoms with Crippen molar-refractivity contribution in [3.63, 3.8) is 0 Å². The van der Waals surface area contributed by atoms with Gasteiger partial charge < -0.3 is 21.3 Å². The third-order valence-corrected chi connectivity index (χ3v) is 5.43. The molecule has 0 radical (unpaired) electrons. The Morgan fingerprint density at radius 2 is 1.91 bits per heavy atom. The number of hydrogen-bond donors (Lipinski definition) is 3. The molecule has 4 rings (SSSR count). The predicted octanol–water partition coefficient (Wildman–Crippen LogP) is 3.91. The molecule has 2 heterocycles. The molecule has 0 saturated carbocycles. The number of nitrogens with zero attached hydrogens (tertiary/aromatic N) is 4. The van der Waals surface area contributed by atoms with Crippen LogP contribution in [0.4, 0.5) is 11.4 Å². The first-order valence-corrected chi connectivity index (χ1v) is 10.9. The van der Waals surface area contributed by atoms with E-state index >= 15 is 0 Å². The zero-order valence-electron chi connectivity index (χ0n) is 18.6. The van der Waals surface area contributed by atoms with E-state index in [-0.39, 0.29) is 5.91 Å². The van der Waals surface area contributed by atoms with Gasteiger partial charge in [-0.05, 0) is 49.6 Å². The average Bonchev–Trinajstić information content (AvgIpc) is 3.36. The summed E-state index contributed by atoms with van der Waals surface area (Å²) in [5.41, 5.74) is 10.3. The van der Waals surface area contributed by atoms with E-state index in [0.717, 1.165) is 37.2 Å².